The highest BCUT2D eigenvalue weighted by atomic mass is 79.9. The second-order valence-electron chi connectivity index (χ2n) is 4.46. The normalized spacial score (nSPS) is 21.2. The predicted octanol–water partition coefficient (Wildman–Crippen LogP) is 3.27. The Kier molecular flexibility index (Phi) is 3.87. The van der Waals surface area contributed by atoms with Crippen molar-refractivity contribution in [2.24, 2.45) is 0 Å². The Morgan fingerprint density at radius 2 is 2.11 bits per heavy atom. The summed E-state index contributed by atoms with van der Waals surface area (Å²) in [4.78, 5) is 1.79. The van der Waals surface area contributed by atoms with Crippen LogP contribution in [0.2, 0.25) is 0 Å². The lowest BCUT2D eigenvalue weighted by Gasteiger charge is -2.35. The van der Waals surface area contributed by atoms with E-state index in [-0.39, 0.29) is 11.7 Å². The van der Waals surface area contributed by atoms with E-state index in [9.17, 15) is 13.2 Å². The molecule has 0 spiro atoms. The van der Waals surface area contributed by atoms with E-state index in [0.29, 0.717) is 24.1 Å². The van der Waals surface area contributed by atoms with Gasteiger partial charge in [0.2, 0.25) is 0 Å². The second-order valence-corrected chi connectivity index (χ2v) is 5.38. The predicted molar refractivity (Wildman–Crippen MR) is 68.8 cm³/mol. The minimum atomic E-state index is -4.33. The van der Waals surface area contributed by atoms with Gasteiger partial charge in [0.25, 0.3) is 0 Å². The molecule has 0 bridgehead atoms. The van der Waals surface area contributed by atoms with Gasteiger partial charge >= 0.3 is 6.18 Å². The highest BCUT2D eigenvalue weighted by Gasteiger charge is 2.35. The maximum atomic E-state index is 13.0. The quantitative estimate of drug-likeness (QED) is 0.853. The molecule has 1 saturated heterocycles. The molecule has 18 heavy (non-hydrogen) atoms. The third kappa shape index (κ3) is 2.98. The van der Waals surface area contributed by atoms with Gasteiger partial charge in [-0.15, -0.1) is 0 Å². The molecule has 0 aliphatic carbocycles. The minimum Gasteiger partial charge on any atom is -0.368 e. The van der Waals surface area contributed by atoms with Gasteiger partial charge in [0.05, 0.1) is 5.56 Å². The molecule has 1 fully saturated rings. The Morgan fingerprint density at radius 3 is 2.72 bits per heavy atom. The summed E-state index contributed by atoms with van der Waals surface area (Å²) < 4.78 is 39.5. The summed E-state index contributed by atoms with van der Waals surface area (Å²) in [6.07, 6.45) is -4.33. The average molecular weight is 323 g/mol. The fourth-order valence-electron chi connectivity index (χ4n) is 2.16. The van der Waals surface area contributed by atoms with E-state index < -0.39 is 11.7 Å². The molecule has 1 aromatic rings. The topological polar surface area (TPSA) is 15.3 Å². The van der Waals surface area contributed by atoms with Crippen LogP contribution in [0.5, 0.6) is 0 Å². The summed E-state index contributed by atoms with van der Waals surface area (Å²) >= 11 is 3.09. The largest absolute Gasteiger partial charge is 0.418 e. The lowest BCUT2D eigenvalue weighted by Crippen LogP contribution is -2.49. The first kappa shape index (κ1) is 13.7. The van der Waals surface area contributed by atoms with Crippen LogP contribution in [0.15, 0.2) is 22.7 Å². The molecule has 0 aromatic heterocycles. The maximum absolute atomic E-state index is 13.0. The average Bonchev–Trinajstić information content (AvgIpc) is 2.27. The molecule has 0 saturated carbocycles. The summed E-state index contributed by atoms with van der Waals surface area (Å²) in [6.45, 7) is 3.85. The molecule has 2 nitrogen and oxygen atoms in total. The van der Waals surface area contributed by atoms with Crippen molar-refractivity contribution in [1.82, 2.24) is 5.32 Å². The first-order valence-electron chi connectivity index (χ1n) is 5.73. The fraction of sp³-hybridized carbons (Fsp3) is 0.500. The van der Waals surface area contributed by atoms with Crippen LogP contribution in [0.3, 0.4) is 0 Å². The van der Waals surface area contributed by atoms with Gasteiger partial charge < -0.3 is 10.2 Å². The van der Waals surface area contributed by atoms with Crippen molar-refractivity contribution in [3.63, 3.8) is 0 Å². The van der Waals surface area contributed by atoms with Crippen molar-refractivity contribution in [1.29, 1.82) is 0 Å². The molecular weight excluding hydrogens is 309 g/mol. The van der Waals surface area contributed by atoms with E-state index in [1.807, 2.05) is 6.92 Å². The minimum absolute atomic E-state index is 0.198. The summed E-state index contributed by atoms with van der Waals surface area (Å²) in [6, 6.07) is 4.52. The monoisotopic (exact) mass is 322 g/mol. The zero-order valence-electron chi connectivity index (χ0n) is 9.89. The van der Waals surface area contributed by atoms with E-state index in [0.717, 1.165) is 6.07 Å². The van der Waals surface area contributed by atoms with Gasteiger partial charge in [-0.3, -0.25) is 0 Å². The third-order valence-electron chi connectivity index (χ3n) is 2.97. The molecule has 1 atom stereocenters. The molecule has 1 N–H and O–H groups in total. The zero-order chi connectivity index (χ0) is 13.3. The molecule has 0 amide bonds. The molecule has 1 aromatic carbocycles. The Morgan fingerprint density at radius 1 is 1.39 bits per heavy atom. The van der Waals surface area contributed by atoms with Crippen molar-refractivity contribution < 1.29 is 13.2 Å². The SMILES string of the molecule is C[C@H]1CN(c2ccc(Br)cc2C(F)(F)F)CCN1. The number of nitrogens with zero attached hydrogens (tertiary/aromatic N) is 1. The molecule has 1 aliphatic rings. The van der Waals surface area contributed by atoms with Gasteiger partial charge in [-0.25, -0.2) is 0 Å². The van der Waals surface area contributed by atoms with Crippen LogP contribution in [0.4, 0.5) is 18.9 Å². The summed E-state index contributed by atoms with van der Waals surface area (Å²) in [5, 5.41) is 3.22. The Balaban J connectivity index is 2.37. The number of benzene rings is 1. The number of rotatable bonds is 1. The molecule has 0 unspecified atom stereocenters. The number of hydrogen-bond donors (Lipinski definition) is 1. The van der Waals surface area contributed by atoms with Gasteiger partial charge in [-0.05, 0) is 25.1 Å². The van der Waals surface area contributed by atoms with Crippen molar-refractivity contribution in [2.75, 3.05) is 24.5 Å². The number of anilines is 1. The van der Waals surface area contributed by atoms with E-state index in [4.69, 9.17) is 0 Å². The van der Waals surface area contributed by atoms with Crippen molar-refractivity contribution in [2.45, 2.75) is 19.1 Å². The summed E-state index contributed by atoms with van der Waals surface area (Å²) in [7, 11) is 0. The van der Waals surface area contributed by atoms with Crippen LogP contribution >= 0.6 is 15.9 Å². The Labute approximate surface area is 112 Å². The van der Waals surface area contributed by atoms with Crippen LogP contribution in [0.1, 0.15) is 12.5 Å². The van der Waals surface area contributed by atoms with E-state index >= 15 is 0 Å². The molecule has 6 heteroatoms. The molecular formula is C12H14BrF3N2. The van der Waals surface area contributed by atoms with Crippen LogP contribution in [0.25, 0.3) is 0 Å². The number of piperazine rings is 1. The molecule has 0 radical (unpaired) electrons. The van der Waals surface area contributed by atoms with Gasteiger partial charge in [0.1, 0.15) is 0 Å². The van der Waals surface area contributed by atoms with Crippen LogP contribution in [-0.2, 0) is 6.18 Å². The third-order valence-corrected chi connectivity index (χ3v) is 3.47. The van der Waals surface area contributed by atoms with E-state index in [2.05, 4.69) is 21.2 Å². The molecule has 2 rings (SSSR count). The molecule has 1 heterocycles. The van der Waals surface area contributed by atoms with Crippen LogP contribution < -0.4 is 10.2 Å². The van der Waals surface area contributed by atoms with Gasteiger partial charge in [0.15, 0.2) is 0 Å². The van der Waals surface area contributed by atoms with E-state index in [1.54, 1.807) is 11.0 Å². The molecule has 100 valence electrons. The van der Waals surface area contributed by atoms with Crippen molar-refractivity contribution >= 4 is 21.6 Å². The highest BCUT2D eigenvalue weighted by molar-refractivity contribution is 9.10. The van der Waals surface area contributed by atoms with Gasteiger partial charge in [0, 0.05) is 35.8 Å². The first-order chi connectivity index (χ1) is 8.38. The molecule has 1 aliphatic heterocycles. The standard InChI is InChI=1S/C12H14BrF3N2/c1-8-7-18(5-4-17-8)11-3-2-9(13)6-10(11)12(14,15)16/h2-3,6,8,17H,4-5,7H2,1H3/t8-/m0/s1. The first-order valence-corrected chi connectivity index (χ1v) is 6.52. The van der Waals surface area contributed by atoms with Gasteiger partial charge in [-0.1, -0.05) is 15.9 Å². The Bertz CT molecular complexity index is 434. The van der Waals surface area contributed by atoms with Crippen molar-refractivity contribution in [3.8, 4) is 0 Å². The second kappa shape index (κ2) is 5.09. The number of halogens is 4. The lowest BCUT2D eigenvalue weighted by atomic mass is 10.1. The number of nitrogens with one attached hydrogen (secondary N) is 1. The van der Waals surface area contributed by atoms with E-state index in [1.165, 1.54) is 6.07 Å². The summed E-state index contributed by atoms with van der Waals surface area (Å²) in [5.74, 6) is 0. The smallest absolute Gasteiger partial charge is 0.368 e. The van der Waals surface area contributed by atoms with Crippen LogP contribution in [-0.4, -0.2) is 25.7 Å². The lowest BCUT2D eigenvalue weighted by molar-refractivity contribution is -0.137. The zero-order valence-corrected chi connectivity index (χ0v) is 11.5. The van der Waals surface area contributed by atoms with Gasteiger partial charge in [-0.2, -0.15) is 13.2 Å². The van der Waals surface area contributed by atoms with Crippen molar-refractivity contribution in [3.05, 3.63) is 28.2 Å². The highest BCUT2D eigenvalue weighted by Crippen LogP contribution is 2.38. The fourth-order valence-corrected chi connectivity index (χ4v) is 2.52. The summed E-state index contributed by atoms with van der Waals surface area (Å²) in [5.41, 5.74) is -0.315. The number of hydrogen-bond acceptors (Lipinski definition) is 2. The van der Waals surface area contributed by atoms with Crippen LogP contribution in [0, 0.1) is 0 Å². The maximum Gasteiger partial charge on any atom is 0.418 e. The Hall–Kier alpha value is -0.750. The number of alkyl halides is 3.